The second-order valence-corrected chi connectivity index (χ2v) is 11.0. The van der Waals surface area contributed by atoms with Gasteiger partial charge in [-0.3, -0.25) is 4.79 Å². The molecule has 174 valence electrons. The molecule has 1 N–H and O–H groups in total. The van der Waals surface area contributed by atoms with Crippen molar-refractivity contribution in [2.45, 2.75) is 51.3 Å². The minimum absolute atomic E-state index is 0.132. The topological polar surface area (TPSA) is 75.7 Å². The summed E-state index contributed by atoms with van der Waals surface area (Å²) in [7, 11) is -2.31. The van der Waals surface area contributed by atoms with E-state index in [4.69, 9.17) is 4.74 Å². The summed E-state index contributed by atoms with van der Waals surface area (Å²) < 4.78 is 34.5. The van der Waals surface area contributed by atoms with Crippen molar-refractivity contribution < 1.29 is 17.9 Å². The van der Waals surface area contributed by atoms with E-state index in [-0.39, 0.29) is 17.3 Å². The van der Waals surface area contributed by atoms with Gasteiger partial charge in [0.15, 0.2) is 0 Å². The fourth-order valence-electron chi connectivity index (χ4n) is 4.17. The van der Waals surface area contributed by atoms with Crippen LogP contribution in [0.5, 0.6) is 5.75 Å². The molecule has 2 aromatic rings. The number of hydrogen-bond acceptors (Lipinski definition) is 4. The minimum atomic E-state index is -3.78. The number of amides is 1. The molecule has 0 spiro atoms. The molecule has 8 heteroatoms. The Morgan fingerprint density at radius 3 is 2.44 bits per heavy atom. The van der Waals surface area contributed by atoms with Crippen molar-refractivity contribution in [2.75, 3.05) is 25.5 Å². The Bertz CT molecular complexity index is 1080. The first-order valence-corrected chi connectivity index (χ1v) is 13.2. The van der Waals surface area contributed by atoms with E-state index < -0.39 is 15.9 Å². The predicted octanol–water partition coefficient (Wildman–Crippen LogP) is 4.93. The van der Waals surface area contributed by atoms with Crippen molar-refractivity contribution in [3.8, 4) is 5.75 Å². The molecule has 1 amide bonds. The van der Waals surface area contributed by atoms with Crippen molar-refractivity contribution >= 4 is 37.5 Å². The van der Waals surface area contributed by atoms with E-state index in [1.165, 1.54) is 11.4 Å². The number of nitrogens with zero attached hydrogens (tertiary/aromatic N) is 1. The summed E-state index contributed by atoms with van der Waals surface area (Å²) in [6, 6.07) is 9.16. The van der Waals surface area contributed by atoms with Gasteiger partial charge in [0.1, 0.15) is 10.6 Å². The molecule has 0 bridgehead atoms. The summed E-state index contributed by atoms with van der Waals surface area (Å²) in [5, 5.41) is 3.12. The monoisotopic (exact) mass is 522 g/mol. The van der Waals surface area contributed by atoms with E-state index >= 15 is 0 Å². The number of anilines is 1. The van der Waals surface area contributed by atoms with Crippen LogP contribution in [0, 0.1) is 12.8 Å². The fraction of sp³-hybridized carbons (Fsp3) is 0.458. The maximum Gasteiger partial charge on any atom is 0.246 e. The molecule has 1 aliphatic heterocycles. The number of rotatable bonds is 7. The van der Waals surface area contributed by atoms with Crippen molar-refractivity contribution in [1.82, 2.24) is 4.31 Å². The van der Waals surface area contributed by atoms with Crippen molar-refractivity contribution in [1.29, 1.82) is 0 Å². The van der Waals surface area contributed by atoms with Crippen LogP contribution in [0.4, 0.5) is 5.69 Å². The van der Waals surface area contributed by atoms with E-state index in [2.05, 4.69) is 35.1 Å². The summed E-state index contributed by atoms with van der Waals surface area (Å²) in [6.45, 7) is 6.51. The fourth-order valence-corrected chi connectivity index (χ4v) is 6.48. The molecule has 1 heterocycles. The molecule has 32 heavy (non-hydrogen) atoms. The van der Waals surface area contributed by atoms with Gasteiger partial charge in [-0.15, -0.1) is 0 Å². The van der Waals surface area contributed by atoms with Crippen LogP contribution < -0.4 is 10.1 Å². The highest BCUT2D eigenvalue weighted by Crippen LogP contribution is 2.32. The number of aryl methyl sites for hydroxylation is 3. The molecule has 1 fully saturated rings. The number of carbonyl (C=O) groups excluding carboxylic acids is 1. The Morgan fingerprint density at radius 2 is 1.84 bits per heavy atom. The molecular weight excluding hydrogens is 492 g/mol. The molecule has 0 unspecified atom stereocenters. The first kappa shape index (κ1) is 24.7. The lowest BCUT2D eigenvalue weighted by molar-refractivity contribution is -0.120. The second kappa shape index (κ2) is 10.4. The average Bonchev–Trinajstić information content (AvgIpc) is 2.79. The average molecular weight is 523 g/mol. The lowest BCUT2D eigenvalue weighted by atomic mass is 9.97. The molecule has 0 radical (unpaired) electrons. The Labute approximate surface area is 199 Å². The molecule has 2 aromatic carbocycles. The zero-order chi connectivity index (χ0) is 23.5. The summed E-state index contributed by atoms with van der Waals surface area (Å²) >= 11 is 3.54. The smallest absolute Gasteiger partial charge is 0.246 e. The number of ether oxygens (including phenoxy) is 1. The second-order valence-electron chi connectivity index (χ2n) is 8.15. The van der Waals surface area contributed by atoms with Crippen molar-refractivity contribution in [2.24, 2.45) is 5.92 Å². The predicted molar refractivity (Wildman–Crippen MR) is 131 cm³/mol. The molecule has 0 aromatic heterocycles. The third-order valence-corrected chi connectivity index (χ3v) is 8.31. The van der Waals surface area contributed by atoms with Gasteiger partial charge in [0, 0.05) is 23.2 Å². The van der Waals surface area contributed by atoms with Gasteiger partial charge in [0.05, 0.1) is 13.0 Å². The minimum Gasteiger partial charge on any atom is -0.495 e. The van der Waals surface area contributed by atoms with Gasteiger partial charge in [-0.1, -0.05) is 35.8 Å². The summed E-state index contributed by atoms with van der Waals surface area (Å²) in [6.07, 6.45) is 2.87. The van der Waals surface area contributed by atoms with Gasteiger partial charge in [0.25, 0.3) is 0 Å². The number of nitrogens with one attached hydrogen (secondary N) is 1. The van der Waals surface area contributed by atoms with Crippen LogP contribution in [0.2, 0.25) is 0 Å². The van der Waals surface area contributed by atoms with Crippen LogP contribution >= 0.6 is 15.9 Å². The summed E-state index contributed by atoms with van der Waals surface area (Å²) in [5.41, 5.74) is 3.82. The number of halogens is 1. The third kappa shape index (κ3) is 5.18. The van der Waals surface area contributed by atoms with E-state index in [0.29, 0.717) is 25.1 Å². The molecule has 3 rings (SSSR count). The normalized spacial score (nSPS) is 17.2. The maximum absolute atomic E-state index is 13.4. The summed E-state index contributed by atoms with van der Waals surface area (Å²) in [4.78, 5) is 13.4. The largest absolute Gasteiger partial charge is 0.495 e. The van der Waals surface area contributed by atoms with Crippen LogP contribution in [0.3, 0.4) is 0 Å². The van der Waals surface area contributed by atoms with Crippen molar-refractivity contribution in [3.63, 3.8) is 0 Å². The van der Waals surface area contributed by atoms with Crippen LogP contribution in [-0.4, -0.2) is 38.8 Å². The number of carbonyl (C=O) groups is 1. The van der Waals surface area contributed by atoms with Gasteiger partial charge >= 0.3 is 0 Å². The van der Waals surface area contributed by atoms with E-state index in [9.17, 15) is 13.2 Å². The van der Waals surface area contributed by atoms with Gasteiger partial charge < -0.3 is 10.1 Å². The maximum atomic E-state index is 13.4. The molecule has 1 aliphatic rings. The van der Waals surface area contributed by atoms with Crippen LogP contribution in [0.25, 0.3) is 0 Å². The number of piperidine rings is 1. The SMILES string of the molecule is CCc1cc(Br)cc(CC)c1NC(=O)[C@H]1CCCN(S(=O)(=O)c2cc(C)ccc2OC)C1. The lowest BCUT2D eigenvalue weighted by Gasteiger charge is -2.32. The number of methoxy groups -OCH3 is 1. The Kier molecular flexibility index (Phi) is 8.01. The van der Waals surface area contributed by atoms with Gasteiger partial charge in [-0.25, -0.2) is 8.42 Å². The van der Waals surface area contributed by atoms with Crippen LogP contribution in [-0.2, 0) is 27.7 Å². The van der Waals surface area contributed by atoms with Gasteiger partial charge in [-0.2, -0.15) is 4.31 Å². The molecule has 0 saturated carbocycles. The lowest BCUT2D eigenvalue weighted by Crippen LogP contribution is -2.43. The standard InChI is InChI=1S/C24H31BrN2O4S/c1-5-17-13-20(25)14-18(6-2)23(17)26-24(28)19-8-7-11-27(15-19)32(29,30)22-12-16(3)9-10-21(22)31-4/h9-10,12-14,19H,5-8,11,15H2,1-4H3,(H,26,28)/t19-/m0/s1. The van der Waals surface area contributed by atoms with E-state index in [0.717, 1.165) is 39.7 Å². The molecule has 0 aliphatic carbocycles. The molecule has 1 atom stereocenters. The Hall–Kier alpha value is -1.90. The van der Waals surface area contributed by atoms with Gasteiger partial charge in [0.2, 0.25) is 15.9 Å². The third-order valence-electron chi connectivity index (χ3n) is 5.97. The zero-order valence-corrected chi connectivity index (χ0v) is 21.5. The number of sulfonamides is 1. The Morgan fingerprint density at radius 1 is 1.19 bits per heavy atom. The quantitative estimate of drug-likeness (QED) is 0.559. The van der Waals surface area contributed by atoms with Gasteiger partial charge in [-0.05, 0) is 73.6 Å². The summed E-state index contributed by atoms with van der Waals surface area (Å²) in [5.74, 6) is -0.225. The Balaban J connectivity index is 1.84. The highest BCUT2D eigenvalue weighted by molar-refractivity contribution is 9.10. The highest BCUT2D eigenvalue weighted by atomic mass is 79.9. The number of benzene rings is 2. The molecule has 1 saturated heterocycles. The zero-order valence-electron chi connectivity index (χ0n) is 19.1. The van der Waals surface area contributed by atoms with Crippen molar-refractivity contribution in [3.05, 3.63) is 51.5 Å². The number of hydrogen-bond donors (Lipinski definition) is 1. The van der Waals surface area contributed by atoms with E-state index in [1.54, 1.807) is 12.1 Å². The van der Waals surface area contributed by atoms with Crippen LogP contribution in [0.1, 0.15) is 43.4 Å². The first-order valence-electron chi connectivity index (χ1n) is 11.0. The highest BCUT2D eigenvalue weighted by Gasteiger charge is 2.35. The van der Waals surface area contributed by atoms with E-state index in [1.807, 2.05) is 25.1 Å². The first-order chi connectivity index (χ1) is 15.2. The van der Waals surface area contributed by atoms with Crippen LogP contribution in [0.15, 0.2) is 39.7 Å². The molecular formula is C24H31BrN2O4S. The molecule has 6 nitrogen and oxygen atoms in total.